The zero-order valence-corrected chi connectivity index (χ0v) is 13.6. The van der Waals surface area contributed by atoms with E-state index in [9.17, 15) is 18.7 Å². The van der Waals surface area contributed by atoms with Gasteiger partial charge in [0.25, 0.3) is 0 Å². The Morgan fingerprint density at radius 1 is 0.960 bits per heavy atom. The molecule has 134 valence electrons. The summed E-state index contributed by atoms with van der Waals surface area (Å²) in [6.07, 6.45) is -4.14. The first-order chi connectivity index (χ1) is 12.0. The molecule has 1 N–H and O–H groups in total. The van der Waals surface area contributed by atoms with Crippen molar-refractivity contribution in [2.24, 2.45) is 0 Å². The van der Waals surface area contributed by atoms with Crippen LogP contribution in [0.5, 0.6) is 0 Å². The standard InChI is InChI=1S/C19H20F2O4/c20-19(21,14-22)18(25-12-16-9-5-2-6-10-16)17(23)13-24-11-15-7-3-1-4-8-15/h1-10,14,17-18,23H,11-13H2/t17-,18-/m1/s1. The predicted molar refractivity (Wildman–Crippen MR) is 88.1 cm³/mol. The first-order valence-corrected chi connectivity index (χ1v) is 7.82. The Kier molecular flexibility index (Phi) is 7.18. The van der Waals surface area contributed by atoms with E-state index in [0.717, 1.165) is 5.56 Å². The van der Waals surface area contributed by atoms with Crippen molar-refractivity contribution >= 4 is 6.29 Å². The largest absolute Gasteiger partial charge is 0.388 e. The number of alkyl halides is 2. The molecular weight excluding hydrogens is 330 g/mol. The lowest BCUT2D eigenvalue weighted by molar-refractivity contribution is -0.188. The molecule has 0 aliphatic rings. The van der Waals surface area contributed by atoms with Crippen LogP contribution in [0.4, 0.5) is 8.78 Å². The number of hydrogen-bond acceptors (Lipinski definition) is 4. The van der Waals surface area contributed by atoms with E-state index in [1.54, 1.807) is 30.3 Å². The molecular formula is C19H20F2O4. The topological polar surface area (TPSA) is 55.8 Å². The van der Waals surface area contributed by atoms with Gasteiger partial charge in [-0.25, -0.2) is 0 Å². The first-order valence-electron chi connectivity index (χ1n) is 7.82. The SMILES string of the molecule is O=CC(F)(F)[C@H](OCc1ccccc1)[C@H](O)COCc1ccccc1. The Labute approximate surface area is 145 Å². The zero-order valence-electron chi connectivity index (χ0n) is 13.6. The number of halogens is 2. The highest BCUT2D eigenvalue weighted by Crippen LogP contribution is 2.23. The molecule has 0 aliphatic heterocycles. The molecule has 25 heavy (non-hydrogen) atoms. The van der Waals surface area contributed by atoms with Crippen molar-refractivity contribution in [2.75, 3.05) is 6.61 Å². The average Bonchev–Trinajstić information content (AvgIpc) is 2.63. The van der Waals surface area contributed by atoms with E-state index >= 15 is 0 Å². The second kappa shape index (κ2) is 9.36. The third-order valence-corrected chi connectivity index (χ3v) is 3.56. The van der Waals surface area contributed by atoms with Gasteiger partial charge in [-0.1, -0.05) is 60.7 Å². The number of aliphatic hydroxyl groups excluding tert-OH is 1. The van der Waals surface area contributed by atoms with E-state index in [0.29, 0.717) is 5.56 Å². The third kappa shape index (κ3) is 6.01. The number of hydrogen-bond donors (Lipinski definition) is 1. The molecule has 0 saturated carbocycles. The molecule has 0 saturated heterocycles. The van der Waals surface area contributed by atoms with Gasteiger partial charge in [-0.2, -0.15) is 8.78 Å². The molecule has 2 aromatic rings. The normalized spacial score (nSPS) is 14.0. The summed E-state index contributed by atoms with van der Waals surface area (Å²) in [7, 11) is 0. The van der Waals surface area contributed by atoms with Crippen LogP contribution in [-0.4, -0.2) is 36.1 Å². The first kappa shape index (κ1) is 19.2. The lowest BCUT2D eigenvalue weighted by Gasteiger charge is -2.27. The highest BCUT2D eigenvalue weighted by Gasteiger charge is 2.45. The molecule has 0 amide bonds. The van der Waals surface area contributed by atoms with Gasteiger partial charge in [0.2, 0.25) is 0 Å². The fourth-order valence-electron chi connectivity index (χ4n) is 2.27. The molecule has 0 bridgehead atoms. The van der Waals surface area contributed by atoms with Gasteiger partial charge < -0.3 is 14.6 Å². The number of aldehydes is 1. The summed E-state index contributed by atoms with van der Waals surface area (Å²) in [6.45, 7) is -0.363. The van der Waals surface area contributed by atoms with E-state index in [4.69, 9.17) is 9.47 Å². The van der Waals surface area contributed by atoms with Gasteiger partial charge in [0.15, 0.2) is 12.4 Å². The van der Waals surface area contributed by atoms with Crippen molar-refractivity contribution < 1.29 is 28.2 Å². The van der Waals surface area contributed by atoms with Crippen molar-refractivity contribution in [1.82, 2.24) is 0 Å². The van der Waals surface area contributed by atoms with Gasteiger partial charge >= 0.3 is 5.92 Å². The average molecular weight is 350 g/mol. The summed E-state index contributed by atoms with van der Waals surface area (Å²) >= 11 is 0. The number of aliphatic hydroxyl groups is 1. The second-order valence-electron chi connectivity index (χ2n) is 5.58. The van der Waals surface area contributed by atoms with Gasteiger partial charge in [0.05, 0.1) is 19.8 Å². The fraction of sp³-hybridized carbons (Fsp3) is 0.316. The van der Waals surface area contributed by atoms with E-state index in [1.807, 2.05) is 30.3 Å². The summed E-state index contributed by atoms with van der Waals surface area (Å²) in [6, 6.07) is 17.8. The fourth-order valence-corrected chi connectivity index (χ4v) is 2.27. The van der Waals surface area contributed by atoms with Crippen LogP contribution >= 0.6 is 0 Å². The highest BCUT2D eigenvalue weighted by atomic mass is 19.3. The van der Waals surface area contributed by atoms with Crippen LogP contribution in [0.3, 0.4) is 0 Å². The van der Waals surface area contributed by atoms with Crippen molar-refractivity contribution in [1.29, 1.82) is 0 Å². The quantitative estimate of drug-likeness (QED) is 0.670. The maximum atomic E-state index is 13.8. The summed E-state index contributed by atoms with van der Waals surface area (Å²) < 4.78 is 38.0. The lowest BCUT2D eigenvalue weighted by atomic mass is 10.1. The van der Waals surface area contributed by atoms with Gasteiger partial charge in [-0.15, -0.1) is 0 Å². The summed E-state index contributed by atoms with van der Waals surface area (Å²) in [4.78, 5) is 10.7. The molecule has 4 nitrogen and oxygen atoms in total. The lowest BCUT2D eigenvalue weighted by Crippen LogP contribution is -2.47. The molecule has 0 unspecified atom stereocenters. The van der Waals surface area contributed by atoms with E-state index in [1.165, 1.54) is 0 Å². The molecule has 2 rings (SSSR count). The Bertz CT molecular complexity index is 634. The number of rotatable bonds is 10. The Morgan fingerprint density at radius 3 is 2.00 bits per heavy atom. The van der Waals surface area contributed by atoms with Gasteiger partial charge in [-0.3, -0.25) is 4.79 Å². The van der Waals surface area contributed by atoms with E-state index in [2.05, 4.69) is 0 Å². The minimum atomic E-state index is -3.82. The third-order valence-electron chi connectivity index (χ3n) is 3.56. The maximum Gasteiger partial charge on any atom is 0.330 e. The van der Waals surface area contributed by atoms with Crippen LogP contribution in [0.2, 0.25) is 0 Å². The van der Waals surface area contributed by atoms with Gasteiger partial charge in [-0.05, 0) is 11.1 Å². The van der Waals surface area contributed by atoms with Crippen LogP contribution in [0.1, 0.15) is 11.1 Å². The smallest absolute Gasteiger partial charge is 0.330 e. The van der Waals surface area contributed by atoms with Crippen LogP contribution in [0.25, 0.3) is 0 Å². The molecule has 0 spiro atoms. The van der Waals surface area contributed by atoms with Crippen LogP contribution in [0.15, 0.2) is 60.7 Å². The van der Waals surface area contributed by atoms with Crippen LogP contribution in [-0.2, 0) is 27.5 Å². The van der Waals surface area contributed by atoms with Crippen molar-refractivity contribution in [3.63, 3.8) is 0 Å². The summed E-state index contributed by atoms with van der Waals surface area (Å²) in [5.74, 6) is -3.82. The molecule has 6 heteroatoms. The molecule has 0 radical (unpaired) electrons. The Morgan fingerprint density at radius 2 is 1.48 bits per heavy atom. The second-order valence-corrected chi connectivity index (χ2v) is 5.58. The Hall–Kier alpha value is -2.15. The number of carbonyl (C=O) groups excluding carboxylic acids is 1. The monoisotopic (exact) mass is 350 g/mol. The number of carbonyl (C=O) groups is 1. The summed E-state index contributed by atoms with van der Waals surface area (Å²) in [5.41, 5.74) is 1.50. The van der Waals surface area contributed by atoms with Crippen LogP contribution in [0, 0.1) is 0 Å². The number of benzene rings is 2. The molecule has 0 aromatic heterocycles. The number of ether oxygens (including phenoxy) is 2. The van der Waals surface area contributed by atoms with E-state index < -0.39 is 24.4 Å². The van der Waals surface area contributed by atoms with Crippen molar-refractivity contribution in [3.8, 4) is 0 Å². The van der Waals surface area contributed by atoms with Crippen molar-refractivity contribution in [2.45, 2.75) is 31.3 Å². The Balaban J connectivity index is 1.93. The van der Waals surface area contributed by atoms with Crippen molar-refractivity contribution in [3.05, 3.63) is 71.8 Å². The van der Waals surface area contributed by atoms with Gasteiger partial charge in [0.1, 0.15) is 6.10 Å². The molecule has 2 aromatic carbocycles. The molecule has 2 atom stereocenters. The minimum Gasteiger partial charge on any atom is -0.388 e. The zero-order chi connectivity index (χ0) is 18.1. The minimum absolute atomic E-state index is 0.148. The highest BCUT2D eigenvalue weighted by molar-refractivity contribution is 5.61. The van der Waals surface area contributed by atoms with E-state index in [-0.39, 0.29) is 19.8 Å². The molecule has 0 fully saturated rings. The van der Waals surface area contributed by atoms with Crippen LogP contribution < -0.4 is 0 Å². The maximum absolute atomic E-state index is 13.8. The van der Waals surface area contributed by atoms with Gasteiger partial charge in [0, 0.05) is 0 Å². The summed E-state index contributed by atoms with van der Waals surface area (Å²) in [5, 5.41) is 10.0. The molecule has 0 aliphatic carbocycles. The predicted octanol–water partition coefficient (Wildman–Crippen LogP) is 2.98. The molecule has 0 heterocycles.